The first-order valence-corrected chi connectivity index (χ1v) is 5.54. The zero-order valence-electron chi connectivity index (χ0n) is 8.98. The number of hydrogen-bond donors (Lipinski definition) is 0. The van der Waals surface area contributed by atoms with Crippen molar-refractivity contribution in [3.05, 3.63) is 23.4 Å². The second-order valence-electron chi connectivity index (χ2n) is 3.98. The Hall–Kier alpha value is -0.800. The van der Waals surface area contributed by atoms with Crippen molar-refractivity contribution < 1.29 is 4.74 Å². The standard InChI is InChI=1S/C11H15ClN2O/c1-8-7-15-9(2)6-14(8)11-4-3-10(12)5-13-11/h3-5,8-9H,6-7H2,1-2H3. The van der Waals surface area contributed by atoms with Crippen molar-refractivity contribution in [1.82, 2.24) is 4.98 Å². The van der Waals surface area contributed by atoms with Gasteiger partial charge < -0.3 is 9.64 Å². The Morgan fingerprint density at radius 3 is 2.93 bits per heavy atom. The number of hydrogen-bond acceptors (Lipinski definition) is 3. The average molecular weight is 227 g/mol. The normalized spacial score (nSPS) is 26.7. The van der Waals surface area contributed by atoms with Gasteiger partial charge in [0.1, 0.15) is 5.82 Å². The Kier molecular flexibility index (Phi) is 3.12. The molecule has 82 valence electrons. The number of rotatable bonds is 1. The maximum atomic E-state index is 5.81. The van der Waals surface area contributed by atoms with E-state index in [-0.39, 0.29) is 6.10 Å². The second-order valence-corrected chi connectivity index (χ2v) is 4.42. The largest absolute Gasteiger partial charge is 0.375 e. The molecule has 3 nitrogen and oxygen atoms in total. The van der Waals surface area contributed by atoms with Crippen LogP contribution >= 0.6 is 11.6 Å². The Morgan fingerprint density at radius 1 is 1.47 bits per heavy atom. The molecule has 1 saturated heterocycles. The van der Waals surface area contributed by atoms with Gasteiger partial charge in [-0.2, -0.15) is 0 Å². The number of pyridine rings is 1. The van der Waals surface area contributed by atoms with Gasteiger partial charge in [0.2, 0.25) is 0 Å². The lowest BCUT2D eigenvalue weighted by Gasteiger charge is -2.37. The van der Waals surface area contributed by atoms with Crippen molar-refractivity contribution in [3.8, 4) is 0 Å². The third-order valence-electron chi connectivity index (χ3n) is 2.61. The molecule has 2 heterocycles. The predicted octanol–water partition coefficient (Wildman–Crippen LogP) is 2.35. The summed E-state index contributed by atoms with van der Waals surface area (Å²) in [5.74, 6) is 0.974. The topological polar surface area (TPSA) is 25.4 Å². The second kappa shape index (κ2) is 4.37. The molecule has 1 aromatic heterocycles. The number of halogens is 1. The summed E-state index contributed by atoms with van der Waals surface area (Å²) >= 11 is 5.81. The van der Waals surface area contributed by atoms with E-state index in [2.05, 4.69) is 23.7 Å². The van der Waals surface area contributed by atoms with Crippen LogP contribution in [0.4, 0.5) is 5.82 Å². The van der Waals surface area contributed by atoms with Crippen LogP contribution in [0.5, 0.6) is 0 Å². The van der Waals surface area contributed by atoms with Crippen molar-refractivity contribution in [2.24, 2.45) is 0 Å². The van der Waals surface area contributed by atoms with Crippen molar-refractivity contribution in [3.63, 3.8) is 0 Å². The van der Waals surface area contributed by atoms with Gasteiger partial charge in [0.15, 0.2) is 0 Å². The van der Waals surface area contributed by atoms with E-state index in [9.17, 15) is 0 Å². The maximum absolute atomic E-state index is 5.81. The Bertz CT molecular complexity index is 328. The van der Waals surface area contributed by atoms with Crippen LogP contribution in [0.1, 0.15) is 13.8 Å². The van der Waals surface area contributed by atoms with Gasteiger partial charge in [-0.15, -0.1) is 0 Å². The summed E-state index contributed by atoms with van der Waals surface area (Å²) in [5, 5.41) is 0.674. The van der Waals surface area contributed by atoms with Crippen LogP contribution in [-0.4, -0.2) is 30.3 Å². The van der Waals surface area contributed by atoms with Crippen LogP contribution in [0.15, 0.2) is 18.3 Å². The molecular formula is C11H15ClN2O. The Morgan fingerprint density at radius 2 is 2.27 bits per heavy atom. The van der Waals surface area contributed by atoms with E-state index in [0.717, 1.165) is 19.0 Å². The molecule has 0 aromatic carbocycles. The fraction of sp³-hybridized carbons (Fsp3) is 0.545. The number of nitrogens with zero attached hydrogens (tertiary/aromatic N) is 2. The van der Waals surface area contributed by atoms with E-state index in [1.54, 1.807) is 6.20 Å². The molecule has 2 rings (SSSR count). The zero-order chi connectivity index (χ0) is 10.8. The van der Waals surface area contributed by atoms with Gasteiger partial charge in [-0.1, -0.05) is 11.6 Å². The minimum absolute atomic E-state index is 0.263. The SMILES string of the molecule is CC1CN(c2ccc(Cl)cn2)C(C)CO1. The first kappa shape index (κ1) is 10.7. The molecule has 0 saturated carbocycles. The molecule has 0 spiro atoms. The fourth-order valence-corrected chi connectivity index (χ4v) is 1.87. The molecule has 0 amide bonds. The third kappa shape index (κ3) is 2.41. The summed E-state index contributed by atoms with van der Waals surface area (Å²) in [6.07, 6.45) is 1.95. The van der Waals surface area contributed by atoms with Crippen LogP contribution in [-0.2, 0) is 4.74 Å². The van der Waals surface area contributed by atoms with Crippen LogP contribution in [0.2, 0.25) is 5.02 Å². The van der Waals surface area contributed by atoms with Crippen molar-refractivity contribution >= 4 is 17.4 Å². The van der Waals surface area contributed by atoms with Gasteiger partial charge in [-0.3, -0.25) is 0 Å². The number of anilines is 1. The predicted molar refractivity (Wildman–Crippen MR) is 61.5 cm³/mol. The molecule has 15 heavy (non-hydrogen) atoms. The lowest BCUT2D eigenvalue weighted by molar-refractivity contribution is 0.0340. The van der Waals surface area contributed by atoms with Crippen LogP contribution < -0.4 is 4.90 Å². The lowest BCUT2D eigenvalue weighted by atomic mass is 10.2. The molecule has 1 aliphatic rings. The summed E-state index contributed by atoms with van der Waals surface area (Å²) < 4.78 is 5.57. The van der Waals surface area contributed by atoms with E-state index < -0.39 is 0 Å². The highest BCUT2D eigenvalue weighted by atomic mass is 35.5. The molecule has 1 aromatic rings. The lowest BCUT2D eigenvalue weighted by Crippen LogP contribution is -2.47. The van der Waals surface area contributed by atoms with Crippen LogP contribution in [0, 0.1) is 0 Å². The molecule has 0 aliphatic carbocycles. The van der Waals surface area contributed by atoms with Crippen LogP contribution in [0.3, 0.4) is 0 Å². The van der Waals surface area contributed by atoms with Gasteiger partial charge in [0, 0.05) is 12.7 Å². The van der Waals surface area contributed by atoms with Crippen molar-refractivity contribution in [2.45, 2.75) is 26.0 Å². The molecule has 0 N–H and O–H groups in total. The number of ether oxygens (including phenoxy) is 1. The maximum Gasteiger partial charge on any atom is 0.128 e. The molecule has 2 atom stereocenters. The number of aromatic nitrogens is 1. The average Bonchev–Trinajstić information content (AvgIpc) is 2.23. The van der Waals surface area contributed by atoms with Gasteiger partial charge >= 0.3 is 0 Å². The van der Waals surface area contributed by atoms with E-state index in [4.69, 9.17) is 16.3 Å². The first-order chi connectivity index (χ1) is 7.16. The Balaban J connectivity index is 2.17. The Labute approximate surface area is 95.0 Å². The molecule has 2 unspecified atom stereocenters. The highest BCUT2D eigenvalue weighted by Crippen LogP contribution is 2.20. The van der Waals surface area contributed by atoms with E-state index in [1.165, 1.54) is 0 Å². The van der Waals surface area contributed by atoms with Gasteiger partial charge in [-0.05, 0) is 26.0 Å². The summed E-state index contributed by atoms with van der Waals surface area (Å²) in [5.41, 5.74) is 0. The van der Waals surface area contributed by atoms with E-state index in [1.807, 2.05) is 12.1 Å². The number of morpholine rings is 1. The summed E-state index contributed by atoms with van der Waals surface area (Å²) in [7, 11) is 0. The summed E-state index contributed by atoms with van der Waals surface area (Å²) in [6, 6.07) is 4.20. The molecule has 1 fully saturated rings. The minimum atomic E-state index is 0.263. The zero-order valence-corrected chi connectivity index (χ0v) is 9.74. The van der Waals surface area contributed by atoms with Crippen molar-refractivity contribution in [1.29, 1.82) is 0 Å². The first-order valence-electron chi connectivity index (χ1n) is 5.16. The van der Waals surface area contributed by atoms with E-state index >= 15 is 0 Å². The van der Waals surface area contributed by atoms with Crippen LogP contribution in [0.25, 0.3) is 0 Å². The third-order valence-corrected chi connectivity index (χ3v) is 2.84. The van der Waals surface area contributed by atoms with Crippen molar-refractivity contribution in [2.75, 3.05) is 18.1 Å². The summed E-state index contributed by atoms with van der Waals surface area (Å²) in [6.45, 7) is 5.86. The molecule has 0 bridgehead atoms. The fourth-order valence-electron chi connectivity index (χ4n) is 1.76. The quantitative estimate of drug-likeness (QED) is 0.735. The molecule has 0 radical (unpaired) electrons. The smallest absolute Gasteiger partial charge is 0.128 e. The van der Waals surface area contributed by atoms with E-state index in [0.29, 0.717) is 11.1 Å². The minimum Gasteiger partial charge on any atom is -0.375 e. The van der Waals surface area contributed by atoms with Gasteiger partial charge in [-0.25, -0.2) is 4.98 Å². The highest BCUT2D eigenvalue weighted by molar-refractivity contribution is 6.30. The molecule has 1 aliphatic heterocycles. The van der Waals surface area contributed by atoms with Gasteiger partial charge in [0.05, 0.1) is 23.8 Å². The highest BCUT2D eigenvalue weighted by Gasteiger charge is 2.24. The monoisotopic (exact) mass is 226 g/mol. The summed E-state index contributed by atoms with van der Waals surface area (Å²) in [4.78, 5) is 6.58. The molecule has 4 heteroatoms. The molecular weight excluding hydrogens is 212 g/mol. The van der Waals surface area contributed by atoms with Gasteiger partial charge in [0.25, 0.3) is 0 Å².